The molecule has 1 aromatic heterocycles. The second-order valence-corrected chi connectivity index (χ2v) is 6.25. The van der Waals surface area contributed by atoms with E-state index in [0.717, 1.165) is 41.4 Å². The first-order valence-electron chi connectivity index (χ1n) is 8.33. The number of H-pyrrole nitrogens is 1. The van der Waals surface area contributed by atoms with E-state index in [-0.39, 0.29) is 24.4 Å². The zero-order valence-electron chi connectivity index (χ0n) is 13.8. The van der Waals surface area contributed by atoms with Crippen molar-refractivity contribution in [3.63, 3.8) is 0 Å². The summed E-state index contributed by atoms with van der Waals surface area (Å²) in [5, 5.41) is 23.7. The van der Waals surface area contributed by atoms with Gasteiger partial charge in [-0.05, 0) is 18.2 Å². The summed E-state index contributed by atoms with van der Waals surface area (Å²) in [4.78, 5) is 0. The number of ether oxygens (including phenoxy) is 2. The second-order valence-electron chi connectivity index (χ2n) is 6.25. The van der Waals surface area contributed by atoms with Crippen LogP contribution in [-0.4, -0.2) is 54.3 Å². The van der Waals surface area contributed by atoms with Crippen LogP contribution >= 0.6 is 12.4 Å². The number of halogens is 1. The van der Waals surface area contributed by atoms with Gasteiger partial charge in [0.2, 0.25) is 0 Å². The van der Waals surface area contributed by atoms with E-state index in [1.54, 1.807) is 0 Å². The van der Waals surface area contributed by atoms with Crippen molar-refractivity contribution in [2.75, 3.05) is 32.8 Å². The summed E-state index contributed by atoms with van der Waals surface area (Å²) in [5.41, 5.74) is 3.09. The number of rotatable bonds is 5. The summed E-state index contributed by atoms with van der Waals surface area (Å²) in [6.07, 6.45) is 1.57. The molecule has 0 aliphatic carbocycles. The first-order valence-corrected chi connectivity index (χ1v) is 8.33. The summed E-state index contributed by atoms with van der Waals surface area (Å²) in [6.45, 7) is 4.18. The second kappa shape index (κ2) is 8.05. The summed E-state index contributed by atoms with van der Waals surface area (Å²) < 4.78 is 11.2. The number of β-amino-alcohol motifs (C(OH)–C–C–N with tert-alkyl or cyclic N) is 1. The number of aliphatic hydroxyl groups is 1. The van der Waals surface area contributed by atoms with Gasteiger partial charge >= 0.3 is 0 Å². The molecular weight excluding hydrogens is 344 g/mol. The third-order valence-electron chi connectivity index (χ3n) is 4.57. The van der Waals surface area contributed by atoms with Gasteiger partial charge in [0, 0.05) is 43.2 Å². The minimum absolute atomic E-state index is 0. The normalized spacial score (nSPS) is 21.8. The minimum atomic E-state index is -0.265. The molecule has 0 radical (unpaired) electrons. The first kappa shape index (κ1) is 18.0. The van der Waals surface area contributed by atoms with Gasteiger partial charge in [-0.1, -0.05) is 0 Å². The van der Waals surface area contributed by atoms with Crippen molar-refractivity contribution in [1.82, 2.24) is 20.8 Å². The molecule has 4 N–H and O–H groups in total. The quantitative estimate of drug-likeness (QED) is 0.629. The molecule has 0 amide bonds. The van der Waals surface area contributed by atoms with Gasteiger partial charge in [0.05, 0.1) is 18.0 Å². The molecule has 1 fully saturated rings. The average molecular weight is 367 g/mol. The Balaban J connectivity index is 0.00000182. The summed E-state index contributed by atoms with van der Waals surface area (Å²) >= 11 is 0. The van der Waals surface area contributed by atoms with Crippen molar-refractivity contribution >= 4 is 12.4 Å². The highest BCUT2D eigenvalue weighted by molar-refractivity contribution is 5.85. The van der Waals surface area contributed by atoms with Gasteiger partial charge in [0.25, 0.3) is 0 Å². The van der Waals surface area contributed by atoms with Crippen molar-refractivity contribution in [3.05, 3.63) is 30.0 Å². The SMILES string of the molecule is Cl.OC1CNCC1CNCc1cn[nH]c1-c1ccc2c(c1)OCCO2. The predicted octanol–water partition coefficient (Wildman–Crippen LogP) is 0.940. The molecule has 0 bridgehead atoms. The molecule has 8 heteroatoms. The number of nitrogens with zero attached hydrogens (tertiary/aromatic N) is 1. The number of hydrogen-bond acceptors (Lipinski definition) is 6. The van der Waals surface area contributed by atoms with Crippen LogP contribution in [0.2, 0.25) is 0 Å². The van der Waals surface area contributed by atoms with Crippen molar-refractivity contribution in [2.45, 2.75) is 12.6 Å². The number of aliphatic hydroxyl groups excluding tert-OH is 1. The summed E-state index contributed by atoms with van der Waals surface area (Å²) in [6, 6.07) is 5.92. The lowest BCUT2D eigenvalue weighted by Crippen LogP contribution is -2.30. The lowest BCUT2D eigenvalue weighted by Gasteiger charge is -2.19. The molecule has 4 rings (SSSR count). The maximum Gasteiger partial charge on any atom is 0.162 e. The number of hydrogen-bond donors (Lipinski definition) is 4. The van der Waals surface area contributed by atoms with E-state index >= 15 is 0 Å². The van der Waals surface area contributed by atoms with Crippen LogP contribution in [0, 0.1) is 5.92 Å². The van der Waals surface area contributed by atoms with Gasteiger partial charge in [-0.2, -0.15) is 5.10 Å². The summed E-state index contributed by atoms with van der Waals surface area (Å²) in [7, 11) is 0. The van der Waals surface area contributed by atoms with E-state index in [4.69, 9.17) is 9.47 Å². The Morgan fingerprint density at radius 1 is 1.20 bits per heavy atom. The van der Waals surface area contributed by atoms with Crippen LogP contribution in [0.15, 0.2) is 24.4 Å². The number of aromatic amines is 1. The minimum Gasteiger partial charge on any atom is -0.486 e. The van der Waals surface area contributed by atoms with Crippen LogP contribution in [-0.2, 0) is 6.54 Å². The van der Waals surface area contributed by atoms with E-state index in [1.807, 2.05) is 24.4 Å². The highest BCUT2D eigenvalue weighted by Crippen LogP contribution is 2.34. The van der Waals surface area contributed by atoms with Crippen molar-refractivity contribution < 1.29 is 14.6 Å². The van der Waals surface area contributed by atoms with E-state index < -0.39 is 0 Å². The Morgan fingerprint density at radius 3 is 2.84 bits per heavy atom. The molecule has 7 nitrogen and oxygen atoms in total. The largest absolute Gasteiger partial charge is 0.486 e. The lowest BCUT2D eigenvalue weighted by molar-refractivity contribution is 0.146. The molecule has 2 aliphatic heterocycles. The third kappa shape index (κ3) is 3.90. The maximum absolute atomic E-state index is 9.84. The predicted molar refractivity (Wildman–Crippen MR) is 96.3 cm³/mol. The van der Waals surface area contributed by atoms with Gasteiger partial charge in [0.1, 0.15) is 13.2 Å². The lowest BCUT2D eigenvalue weighted by atomic mass is 10.1. The molecule has 1 aromatic carbocycles. The Bertz CT molecular complexity index is 709. The fourth-order valence-electron chi connectivity index (χ4n) is 3.21. The first-order chi connectivity index (χ1) is 11.8. The van der Waals surface area contributed by atoms with Gasteiger partial charge in [-0.25, -0.2) is 0 Å². The number of nitrogens with one attached hydrogen (secondary N) is 3. The van der Waals surface area contributed by atoms with Crippen LogP contribution in [0.3, 0.4) is 0 Å². The zero-order chi connectivity index (χ0) is 16.4. The van der Waals surface area contributed by atoms with E-state index in [1.165, 1.54) is 0 Å². The standard InChI is InChI=1S/C17H22N4O3.ClH/c22-14-10-19-7-12(14)6-18-8-13-9-20-21-17(13)11-1-2-15-16(5-11)24-4-3-23-15;/h1-2,5,9,12,14,18-19,22H,3-4,6-8,10H2,(H,20,21);1H. The zero-order valence-corrected chi connectivity index (χ0v) is 14.6. The smallest absolute Gasteiger partial charge is 0.162 e. The third-order valence-corrected chi connectivity index (χ3v) is 4.57. The Kier molecular flexibility index (Phi) is 5.80. The van der Waals surface area contributed by atoms with Crippen molar-refractivity contribution in [3.8, 4) is 22.8 Å². The number of benzene rings is 1. The number of fused-ring (bicyclic) bond motifs is 1. The summed E-state index contributed by atoms with van der Waals surface area (Å²) in [5.74, 6) is 1.81. The molecular formula is C17H23ClN4O3. The van der Waals surface area contributed by atoms with Gasteiger partial charge in [-0.3, -0.25) is 5.10 Å². The van der Waals surface area contributed by atoms with E-state index in [0.29, 0.717) is 26.3 Å². The molecule has 1 saturated heterocycles. The van der Waals surface area contributed by atoms with Crippen LogP contribution in [0.4, 0.5) is 0 Å². The fourth-order valence-corrected chi connectivity index (χ4v) is 3.21. The van der Waals surface area contributed by atoms with E-state index in [2.05, 4.69) is 20.8 Å². The molecule has 2 unspecified atom stereocenters. The molecule has 25 heavy (non-hydrogen) atoms. The fraction of sp³-hybridized carbons (Fsp3) is 0.471. The molecule has 2 aromatic rings. The van der Waals surface area contributed by atoms with Gasteiger partial charge in [-0.15, -0.1) is 12.4 Å². The van der Waals surface area contributed by atoms with Crippen molar-refractivity contribution in [1.29, 1.82) is 0 Å². The molecule has 2 aliphatic rings. The van der Waals surface area contributed by atoms with Crippen LogP contribution in [0.25, 0.3) is 11.3 Å². The van der Waals surface area contributed by atoms with Crippen LogP contribution in [0.5, 0.6) is 11.5 Å². The highest BCUT2D eigenvalue weighted by Gasteiger charge is 2.24. The molecule has 136 valence electrons. The van der Waals surface area contributed by atoms with Crippen molar-refractivity contribution in [2.24, 2.45) is 5.92 Å². The topological polar surface area (TPSA) is 91.4 Å². The highest BCUT2D eigenvalue weighted by atomic mass is 35.5. The molecule has 0 saturated carbocycles. The molecule has 2 atom stereocenters. The molecule has 0 spiro atoms. The molecule has 3 heterocycles. The van der Waals surface area contributed by atoms with Gasteiger partial charge in [0.15, 0.2) is 11.5 Å². The average Bonchev–Trinajstić information content (AvgIpc) is 3.24. The Labute approximate surface area is 152 Å². The van der Waals surface area contributed by atoms with Gasteiger partial charge < -0.3 is 25.2 Å². The van der Waals surface area contributed by atoms with E-state index in [9.17, 15) is 5.11 Å². The maximum atomic E-state index is 9.84. The Morgan fingerprint density at radius 2 is 2.04 bits per heavy atom. The number of aromatic nitrogens is 2. The Hall–Kier alpha value is -1.80. The van der Waals surface area contributed by atoms with Crippen LogP contribution in [0.1, 0.15) is 5.56 Å². The van der Waals surface area contributed by atoms with Crippen LogP contribution < -0.4 is 20.1 Å². The monoisotopic (exact) mass is 366 g/mol.